The highest BCUT2D eigenvalue weighted by molar-refractivity contribution is 5.80. The van der Waals surface area contributed by atoms with E-state index in [4.69, 9.17) is 5.73 Å². The summed E-state index contributed by atoms with van der Waals surface area (Å²) in [4.78, 5) is 27.3. The molecule has 2 atom stereocenters. The Morgan fingerprint density at radius 2 is 1.56 bits per heavy atom. The minimum absolute atomic E-state index is 0.0475. The highest BCUT2D eigenvalue weighted by atomic mass is 16.2. The number of rotatable bonds is 4. The lowest BCUT2D eigenvalue weighted by Gasteiger charge is -2.41. The Kier molecular flexibility index (Phi) is 6.37. The third-order valence-corrected chi connectivity index (χ3v) is 6.59. The zero-order chi connectivity index (χ0) is 17.8. The summed E-state index contributed by atoms with van der Waals surface area (Å²) in [5.41, 5.74) is 6.12. The predicted octanol–water partition coefficient (Wildman–Crippen LogP) is 2.58. The molecule has 5 nitrogen and oxygen atoms in total. The van der Waals surface area contributed by atoms with Gasteiger partial charge >= 0.3 is 0 Å². The third-order valence-electron chi connectivity index (χ3n) is 6.59. The molecular weight excluding hydrogens is 314 g/mol. The normalized spacial score (nSPS) is 32.4. The molecule has 1 aliphatic heterocycles. The van der Waals surface area contributed by atoms with Crippen LogP contribution in [0.15, 0.2) is 0 Å². The van der Waals surface area contributed by atoms with Gasteiger partial charge in [-0.2, -0.15) is 0 Å². The number of nitrogens with two attached hydrogens (primary N) is 1. The summed E-state index contributed by atoms with van der Waals surface area (Å²) < 4.78 is 0. The van der Waals surface area contributed by atoms with E-state index >= 15 is 0 Å². The van der Waals surface area contributed by atoms with Gasteiger partial charge in [0.25, 0.3) is 0 Å². The molecule has 1 saturated heterocycles. The average molecular weight is 350 g/mol. The molecule has 1 heterocycles. The number of carbonyl (C=O) groups is 2. The topological polar surface area (TPSA) is 75.4 Å². The second-order valence-electron chi connectivity index (χ2n) is 8.49. The number of hydrogen-bond donors (Lipinski definition) is 2. The lowest BCUT2D eigenvalue weighted by molar-refractivity contribution is -0.141. The SMILES string of the molecule is CC(N)C1CCCCN1C(=O)C1CCC(NC(=O)C2CCCC2)CC1. The van der Waals surface area contributed by atoms with E-state index in [0.29, 0.717) is 5.91 Å². The molecule has 3 aliphatic rings. The van der Waals surface area contributed by atoms with Crippen molar-refractivity contribution >= 4 is 11.8 Å². The number of carbonyl (C=O) groups excluding carboxylic acids is 2. The first-order chi connectivity index (χ1) is 12.1. The zero-order valence-corrected chi connectivity index (χ0v) is 15.7. The van der Waals surface area contributed by atoms with Gasteiger partial charge in [-0.3, -0.25) is 9.59 Å². The smallest absolute Gasteiger partial charge is 0.225 e. The molecule has 0 aromatic rings. The van der Waals surface area contributed by atoms with Crippen LogP contribution in [0.1, 0.15) is 77.6 Å². The van der Waals surface area contributed by atoms with Crippen LogP contribution in [-0.2, 0) is 9.59 Å². The Hall–Kier alpha value is -1.10. The molecule has 0 radical (unpaired) electrons. The third kappa shape index (κ3) is 4.55. The molecule has 3 N–H and O–H groups in total. The fraction of sp³-hybridized carbons (Fsp3) is 0.900. The van der Waals surface area contributed by atoms with E-state index < -0.39 is 0 Å². The number of piperidine rings is 1. The van der Waals surface area contributed by atoms with Gasteiger partial charge in [0.05, 0.1) is 0 Å². The minimum Gasteiger partial charge on any atom is -0.353 e. The summed E-state index contributed by atoms with van der Waals surface area (Å²) in [5.74, 6) is 0.918. The van der Waals surface area contributed by atoms with Gasteiger partial charge in [-0.25, -0.2) is 0 Å². The van der Waals surface area contributed by atoms with Crippen LogP contribution in [0.3, 0.4) is 0 Å². The summed E-state index contributed by atoms with van der Waals surface area (Å²) in [5, 5.41) is 3.24. The molecule has 2 aliphatic carbocycles. The van der Waals surface area contributed by atoms with Gasteiger partial charge < -0.3 is 16.0 Å². The Labute approximate surface area is 152 Å². The van der Waals surface area contributed by atoms with Gasteiger partial charge in [0, 0.05) is 36.5 Å². The molecule has 0 bridgehead atoms. The Balaban J connectivity index is 1.47. The van der Waals surface area contributed by atoms with E-state index in [0.717, 1.165) is 57.9 Å². The van der Waals surface area contributed by atoms with Crippen LogP contribution < -0.4 is 11.1 Å². The quantitative estimate of drug-likeness (QED) is 0.819. The second kappa shape index (κ2) is 8.52. The highest BCUT2D eigenvalue weighted by Crippen LogP contribution is 2.30. The Morgan fingerprint density at radius 3 is 2.20 bits per heavy atom. The fourth-order valence-corrected chi connectivity index (χ4v) is 5.00. The van der Waals surface area contributed by atoms with Crippen LogP contribution in [0.2, 0.25) is 0 Å². The Morgan fingerprint density at radius 1 is 0.920 bits per heavy atom. The number of hydrogen-bond acceptors (Lipinski definition) is 3. The first-order valence-electron chi connectivity index (χ1n) is 10.4. The van der Waals surface area contributed by atoms with Crippen molar-refractivity contribution in [1.29, 1.82) is 0 Å². The molecule has 5 heteroatoms. The average Bonchev–Trinajstić information content (AvgIpc) is 3.16. The van der Waals surface area contributed by atoms with Gasteiger partial charge in [-0.1, -0.05) is 12.8 Å². The number of amides is 2. The van der Waals surface area contributed by atoms with Crippen LogP contribution in [0.4, 0.5) is 0 Å². The lowest BCUT2D eigenvalue weighted by Crippen LogP contribution is -2.54. The standard InChI is InChI=1S/C20H35N3O2/c1-14(21)18-8-4-5-13-23(18)20(25)16-9-11-17(12-10-16)22-19(24)15-6-2-3-7-15/h14-18H,2-13,21H2,1H3,(H,22,24). The molecule has 25 heavy (non-hydrogen) atoms. The summed E-state index contributed by atoms with van der Waals surface area (Å²) >= 11 is 0. The van der Waals surface area contributed by atoms with Gasteiger partial charge in [0.15, 0.2) is 0 Å². The van der Waals surface area contributed by atoms with Crippen LogP contribution in [0.25, 0.3) is 0 Å². The maximum Gasteiger partial charge on any atom is 0.225 e. The molecule has 0 aromatic carbocycles. The van der Waals surface area contributed by atoms with Crippen molar-refractivity contribution in [2.45, 2.75) is 95.7 Å². The van der Waals surface area contributed by atoms with E-state index in [1.165, 1.54) is 19.3 Å². The molecule has 2 unspecified atom stereocenters. The largest absolute Gasteiger partial charge is 0.353 e. The van der Waals surface area contributed by atoms with Crippen molar-refractivity contribution in [2.24, 2.45) is 17.6 Å². The predicted molar refractivity (Wildman–Crippen MR) is 98.8 cm³/mol. The molecule has 0 aromatic heterocycles. The lowest BCUT2D eigenvalue weighted by atomic mass is 9.83. The van der Waals surface area contributed by atoms with E-state index in [1.807, 2.05) is 6.92 Å². The minimum atomic E-state index is 0.0475. The summed E-state index contributed by atoms with van der Waals surface area (Å²) in [7, 11) is 0. The summed E-state index contributed by atoms with van der Waals surface area (Å²) in [6, 6.07) is 0.523. The maximum atomic E-state index is 13.0. The molecule has 3 fully saturated rings. The van der Waals surface area contributed by atoms with E-state index in [-0.39, 0.29) is 35.9 Å². The van der Waals surface area contributed by atoms with Crippen LogP contribution in [0, 0.1) is 11.8 Å². The van der Waals surface area contributed by atoms with Crippen molar-refractivity contribution < 1.29 is 9.59 Å². The van der Waals surface area contributed by atoms with Gasteiger partial charge in [0.2, 0.25) is 11.8 Å². The second-order valence-corrected chi connectivity index (χ2v) is 8.49. The van der Waals surface area contributed by atoms with Crippen molar-refractivity contribution in [2.75, 3.05) is 6.54 Å². The zero-order valence-electron chi connectivity index (χ0n) is 15.7. The van der Waals surface area contributed by atoms with E-state index in [1.54, 1.807) is 0 Å². The maximum absolute atomic E-state index is 13.0. The monoisotopic (exact) mass is 349 g/mol. The number of nitrogens with zero attached hydrogens (tertiary/aromatic N) is 1. The van der Waals surface area contributed by atoms with Crippen molar-refractivity contribution in [1.82, 2.24) is 10.2 Å². The number of nitrogens with one attached hydrogen (secondary N) is 1. The highest BCUT2D eigenvalue weighted by Gasteiger charge is 2.35. The molecule has 2 saturated carbocycles. The molecule has 0 spiro atoms. The molecular formula is C20H35N3O2. The van der Waals surface area contributed by atoms with Crippen molar-refractivity contribution in [3.8, 4) is 0 Å². The first-order valence-corrected chi connectivity index (χ1v) is 10.4. The van der Waals surface area contributed by atoms with Gasteiger partial charge in [0.1, 0.15) is 0 Å². The van der Waals surface area contributed by atoms with Gasteiger partial charge in [-0.05, 0) is 64.7 Å². The summed E-state index contributed by atoms with van der Waals surface area (Å²) in [6.45, 7) is 2.88. The van der Waals surface area contributed by atoms with Crippen LogP contribution >= 0.6 is 0 Å². The van der Waals surface area contributed by atoms with Crippen molar-refractivity contribution in [3.63, 3.8) is 0 Å². The molecule has 142 valence electrons. The Bertz CT molecular complexity index is 466. The van der Waals surface area contributed by atoms with E-state index in [9.17, 15) is 9.59 Å². The van der Waals surface area contributed by atoms with E-state index in [2.05, 4.69) is 10.2 Å². The first kappa shape index (κ1) is 18.7. The van der Waals surface area contributed by atoms with Crippen LogP contribution in [-0.4, -0.2) is 41.4 Å². The van der Waals surface area contributed by atoms with Gasteiger partial charge in [-0.15, -0.1) is 0 Å². The fourth-order valence-electron chi connectivity index (χ4n) is 5.00. The molecule has 3 rings (SSSR count). The molecule has 2 amide bonds. The van der Waals surface area contributed by atoms with Crippen LogP contribution in [0.5, 0.6) is 0 Å². The number of likely N-dealkylation sites (tertiary alicyclic amines) is 1. The summed E-state index contributed by atoms with van der Waals surface area (Å²) in [6.07, 6.45) is 11.5. The van der Waals surface area contributed by atoms with Crippen molar-refractivity contribution in [3.05, 3.63) is 0 Å².